The van der Waals surface area contributed by atoms with Gasteiger partial charge in [0.1, 0.15) is 0 Å². The van der Waals surface area contributed by atoms with E-state index in [1.165, 1.54) is 5.56 Å². The Bertz CT molecular complexity index is 1190. The molecule has 184 valence electrons. The molecule has 8 heteroatoms. The molecule has 0 bridgehead atoms. The van der Waals surface area contributed by atoms with E-state index < -0.39 is 0 Å². The van der Waals surface area contributed by atoms with Gasteiger partial charge >= 0.3 is 0 Å². The average molecular weight is 467 g/mol. The molecule has 0 amide bonds. The van der Waals surface area contributed by atoms with E-state index in [-0.39, 0.29) is 23.2 Å². The van der Waals surface area contributed by atoms with Crippen molar-refractivity contribution in [1.82, 2.24) is 30.1 Å². The van der Waals surface area contributed by atoms with Crippen molar-refractivity contribution >= 4 is 10.9 Å². The third-order valence-electron chi connectivity index (χ3n) is 6.64. The number of nitrogens with zero attached hydrogens (tertiary/aromatic N) is 5. The fourth-order valence-corrected chi connectivity index (χ4v) is 5.05. The number of aromatic nitrogens is 5. The lowest BCUT2D eigenvalue weighted by atomic mass is 10.0. The molecule has 4 rings (SSSR count). The topological polar surface area (TPSA) is 88.9 Å². The third kappa shape index (κ3) is 5.23. The van der Waals surface area contributed by atoms with Gasteiger partial charge in [-0.1, -0.05) is 25.0 Å². The molecule has 2 atom stereocenters. The highest BCUT2D eigenvalue weighted by Gasteiger charge is 2.32. The van der Waals surface area contributed by atoms with Gasteiger partial charge in [-0.25, -0.2) is 4.68 Å². The number of hydrogen-bond acceptors (Lipinski definition) is 6. The SMILES string of the molecule is CCC[C@H](c1nnnn1C(C)(C)C)N(Cc1cc2cc(C)cc(C)c2[nH]c1=O)C[C@@H]1CCCO1. The van der Waals surface area contributed by atoms with E-state index in [1.807, 2.05) is 17.7 Å². The van der Waals surface area contributed by atoms with Crippen LogP contribution in [0.2, 0.25) is 0 Å². The van der Waals surface area contributed by atoms with Crippen LogP contribution < -0.4 is 5.56 Å². The number of rotatable bonds is 8. The summed E-state index contributed by atoms with van der Waals surface area (Å²) in [6.45, 7) is 14.7. The van der Waals surface area contributed by atoms with E-state index in [9.17, 15) is 4.79 Å². The molecule has 1 aromatic carbocycles. The summed E-state index contributed by atoms with van der Waals surface area (Å²) in [5, 5.41) is 13.9. The third-order valence-corrected chi connectivity index (χ3v) is 6.64. The van der Waals surface area contributed by atoms with Crippen LogP contribution in [0.4, 0.5) is 0 Å². The lowest BCUT2D eigenvalue weighted by Crippen LogP contribution is -2.39. The van der Waals surface area contributed by atoms with E-state index in [0.717, 1.165) is 66.7 Å². The largest absolute Gasteiger partial charge is 0.377 e. The zero-order valence-electron chi connectivity index (χ0n) is 21.4. The zero-order valence-corrected chi connectivity index (χ0v) is 21.4. The summed E-state index contributed by atoms with van der Waals surface area (Å²) in [5.41, 5.74) is 3.66. The number of hydrogen-bond donors (Lipinski definition) is 1. The van der Waals surface area contributed by atoms with Crippen molar-refractivity contribution < 1.29 is 4.74 Å². The number of ether oxygens (including phenoxy) is 1. The lowest BCUT2D eigenvalue weighted by Gasteiger charge is -2.34. The first-order valence-electron chi connectivity index (χ1n) is 12.4. The summed E-state index contributed by atoms with van der Waals surface area (Å²) < 4.78 is 7.93. The van der Waals surface area contributed by atoms with Crippen molar-refractivity contribution in [3.63, 3.8) is 0 Å². The molecule has 0 spiro atoms. The second-order valence-corrected chi connectivity index (χ2v) is 10.7. The fourth-order valence-electron chi connectivity index (χ4n) is 5.05. The van der Waals surface area contributed by atoms with Crippen molar-refractivity contribution in [2.24, 2.45) is 0 Å². The van der Waals surface area contributed by atoms with Crippen LogP contribution in [0.5, 0.6) is 0 Å². The monoisotopic (exact) mass is 466 g/mol. The van der Waals surface area contributed by atoms with Gasteiger partial charge in [-0.15, -0.1) is 5.10 Å². The highest BCUT2D eigenvalue weighted by atomic mass is 16.5. The Morgan fingerprint density at radius 3 is 2.74 bits per heavy atom. The number of aryl methyl sites for hydroxylation is 2. The van der Waals surface area contributed by atoms with Gasteiger partial charge in [0.2, 0.25) is 0 Å². The first kappa shape index (κ1) is 24.5. The minimum absolute atomic E-state index is 0.0160. The van der Waals surface area contributed by atoms with Crippen molar-refractivity contribution in [2.75, 3.05) is 13.2 Å². The van der Waals surface area contributed by atoms with Crippen LogP contribution >= 0.6 is 0 Å². The second-order valence-electron chi connectivity index (χ2n) is 10.7. The fraction of sp³-hybridized carbons (Fsp3) is 0.615. The molecular weight excluding hydrogens is 428 g/mol. The maximum atomic E-state index is 13.2. The van der Waals surface area contributed by atoms with Gasteiger partial charge < -0.3 is 9.72 Å². The van der Waals surface area contributed by atoms with E-state index in [4.69, 9.17) is 4.74 Å². The maximum Gasteiger partial charge on any atom is 0.252 e. The number of pyridine rings is 1. The molecule has 0 aliphatic carbocycles. The lowest BCUT2D eigenvalue weighted by molar-refractivity contribution is 0.0465. The summed E-state index contributed by atoms with van der Waals surface area (Å²) in [6, 6.07) is 6.27. The number of nitrogens with one attached hydrogen (secondary N) is 1. The summed E-state index contributed by atoms with van der Waals surface area (Å²) >= 11 is 0. The number of tetrazole rings is 1. The minimum atomic E-state index is -0.240. The highest BCUT2D eigenvalue weighted by Crippen LogP contribution is 2.30. The normalized spacial score (nSPS) is 17.7. The molecular formula is C26H38N6O2. The van der Waals surface area contributed by atoms with Crippen LogP contribution in [0.25, 0.3) is 10.9 Å². The van der Waals surface area contributed by atoms with Crippen molar-refractivity contribution in [3.8, 4) is 0 Å². The van der Waals surface area contributed by atoms with Gasteiger partial charge in [0.05, 0.1) is 23.2 Å². The van der Waals surface area contributed by atoms with Crippen molar-refractivity contribution in [2.45, 2.75) is 91.5 Å². The van der Waals surface area contributed by atoms with Crippen LogP contribution in [-0.2, 0) is 16.8 Å². The first-order chi connectivity index (χ1) is 16.2. The number of benzene rings is 1. The predicted octanol–water partition coefficient (Wildman–Crippen LogP) is 4.41. The summed E-state index contributed by atoms with van der Waals surface area (Å²) in [7, 11) is 0. The molecule has 0 saturated carbocycles. The molecule has 3 heterocycles. The van der Waals surface area contributed by atoms with Gasteiger partial charge in [-0.3, -0.25) is 9.69 Å². The van der Waals surface area contributed by atoms with Gasteiger partial charge in [-0.2, -0.15) is 0 Å². The summed E-state index contributed by atoms with van der Waals surface area (Å²) in [5.74, 6) is 0.844. The Morgan fingerprint density at radius 2 is 2.06 bits per heavy atom. The van der Waals surface area contributed by atoms with E-state index in [2.05, 4.69) is 72.2 Å². The van der Waals surface area contributed by atoms with Gasteiger partial charge in [-0.05, 0) is 87.4 Å². The molecule has 1 fully saturated rings. The van der Waals surface area contributed by atoms with Crippen LogP contribution in [-0.4, -0.2) is 49.3 Å². The van der Waals surface area contributed by atoms with Crippen LogP contribution in [0.3, 0.4) is 0 Å². The van der Waals surface area contributed by atoms with Crippen molar-refractivity contribution in [3.05, 3.63) is 51.1 Å². The van der Waals surface area contributed by atoms with Crippen LogP contribution in [0, 0.1) is 13.8 Å². The summed E-state index contributed by atoms with van der Waals surface area (Å²) in [4.78, 5) is 18.7. The number of fused-ring (bicyclic) bond motifs is 1. The standard InChI is InChI=1S/C26H38N6O2/c1-7-9-22(24-28-29-30-32(24)26(4,5)6)31(16-21-10-8-11-34-21)15-20-14-19-13-17(2)12-18(3)23(19)27-25(20)33/h12-14,21-22H,7-11,15-16H2,1-6H3,(H,27,33)/t21-,22+/m0/s1. The second kappa shape index (κ2) is 9.96. The maximum absolute atomic E-state index is 13.2. The Hall–Kier alpha value is -2.58. The molecule has 1 aliphatic heterocycles. The van der Waals surface area contributed by atoms with Crippen LogP contribution in [0.1, 0.15) is 81.9 Å². The Labute approximate surface area is 201 Å². The Balaban J connectivity index is 1.76. The van der Waals surface area contributed by atoms with Crippen LogP contribution in [0.15, 0.2) is 23.0 Å². The average Bonchev–Trinajstić information content (AvgIpc) is 3.44. The Kier molecular flexibility index (Phi) is 7.19. The van der Waals surface area contributed by atoms with Gasteiger partial charge in [0, 0.05) is 25.3 Å². The first-order valence-corrected chi connectivity index (χ1v) is 12.4. The molecule has 1 aliphatic rings. The Morgan fingerprint density at radius 1 is 1.26 bits per heavy atom. The van der Waals surface area contributed by atoms with Gasteiger partial charge in [0.15, 0.2) is 5.82 Å². The smallest absolute Gasteiger partial charge is 0.252 e. The molecule has 3 aromatic rings. The molecule has 2 aromatic heterocycles. The van der Waals surface area contributed by atoms with E-state index >= 15 is 0 Å². The molecule has 0 unspecified atom stereocenters. The number of H-pyrrole nitrogens is 1. The predicted molar refractivity (Wildman–Crippen MR) is 134 cm³/mol. The minimum Gasteiger partial charge on any atom is -0.377 e. The quantitative estimate of drug-likeness (QED) is 0.529. The number of aromatic amines is 1. The van der Waals surface area contributed by atoms with E-state index in [1.54, 1.807) is 0 Å². The van der Waals surface area contributed by atoms with E-state index in [0.29, 0.717) is 6.54 Å². The highest BCUT2D eigenvalue weighted by molar-refractivity contribution is 5.82. The molecule has 34 heavy (non-hydrogen) atoms. The zero-order chi connectivity index (χ0) is 24.5. The molecule has 1 N–H and O–H groups in total. The summed E-state index contributed by atoms with van der Waals surface area (Å²) in [6.07, 6.45) is 4.14. The van der Waals surface area contributed by atoms with Gasteiger partial charge in [0.25, 0.3) is 5.56 Å². The molecule has 1 saturated heterocycles. The van der Waals surface area contributed by atoms with Crippen molar-refractivity contribution in [1.29, 1.82) is 0 Å². The molecule has 8 nitrogen and oxygen atoms in total. The molecule has 0 radical (unpaired) electrons.